The molecule has 0 aromatic carbocycles. The molecule has 1 heterocycles. The molecule has 2 nitrogen and oxygen atoms in total. The van der Waals surface area contributed by atoms with Gasteiger partial charge < -0.3 is 4.52 Å². The molecule has 0 fully saturated rings. The highest BCUT2D eigenvalue weighted by Crippen LogP contribution is 2.32. The van der Waals surface area contributed by atoms with Crippen molar-refractivity contribution in [3.8, 4) is 0 Å². The highest BCUT2D eigenvalue weighted by molar-refractivity contribution is 5.05. The van der Waals surface area contributed by atoms with E-state index in [-0.39, 0.29) is 5.41 Å². The summed E-state index contributed by atoms with van der Waals surface area (Å²) >= 11 is 0. The van der Waals surface area contributed by atoms with Crippen LogP contribution in [0.3, 0.4) is 0 Å². The monoisotopic (exact) mass is 153 g/mol. The third-order valence-electron chi connectivity index (χ3n) is 2.20. The third-order valence-corrected chi connectivity index (χ3v) is 2.20. The molecule has 0 radical (unpaired) electrons. The average Bonchev–Trinajstić information content (AvgIpc) is 2.34. The van der Waals surface area contributed by atoms with Crippen LogP contribution in [0.1, 0.15) is 39.3 Å². The van der Waals surface area contributed by atoms with Crippen LogP contribution in [0.15, 0.2) is 16.9 Å². The maximum absolute atomic E-state index is 4.78. The second-order valence-electron chi connectivity index (χ2n) is 4.01. The molecule has 0 unspecified atom stereocenters. The Balaban J connectivity index is 2.78. The van der Waals surface area contributed by atoms with Crippen LogP contribution in [0, 0.1) is 5.41 Å². The second kappa shape index (κ2) is 2.68. The SMILES string of the molecule is C[C@@H](c1ccon1)C(C)(C)C. The Bertz CT molecular complexity index is 208. The molecule has 0 aliphatic heterocycles. The summed E-state index contributed by atoms with van der Waals surface area (Å²) in [6.45, 7) is 8.77. The number of rotatable bonds is 1. The van der Waals surface area contributed by atoms with Gasteiger partial charge in [0.1, 0.15) is 6.26 Å². The first-order valence-electron chi connectivity index (χ1n) is 3.92. The van der Waals surface area contributed by atoms with Crippen LogP contribution in [-0.4, -0.2) is 5.16 Å². The summed E-state index contributed by atoms with van der Waals surface area (Å²) in [7, 11) is 0. The Morgan fingerprint density at radius 1 is 1.45 bits per heavy atom. The third kappa shape index (κ3) is 1.82. The lowest BCUT2D eigenvalue weighted by Crippen LogP contribution is -2.15. The van der Waals surface area contributed by atoms with Crippen LogP contribution >= 0.6 is 0 Å². The number of nitrogens with zero attached hydrogens (tertiary/aromatic N) is 1. The van der Waals surface area contributed by atoms with Crippen LogP contribution in [0.5, 0.6) is 0 Å². The largest absolute Gasteiger partial charge is 0.365 e. The summed E-state index contributed by atoms with van der Waals surface area (Å²) in [4.78, 5) is 0. The van der Waals surface area contributed by atoms with Gasteiger partial charge in [0.05, 0.1) is 5.69 Å². The summed E-state index contributed by atoms with van der Waals surface area (Å²) in [6.07, 6.45) is 1.62. The van der Waals surface area contributed by atoms with E-state index >= 15 is 0 Å². The molecule has 2 heteroatoms. The van der Waals surface area contributed by atoms with Crippen LogP contribution in [-0.2, 0) is 0 Å². The van der Waals surface area contributed by atoms with Crippen LogP contribution < -0.4 is 0 Å². The zero-order valence-electron chi connectivity index (χ0n) is 7.59. The second-order valence-corrected chi connectivity index (χ2v) is 4.01. The molecule has 1 rings (SSSR count). The lowest BCUT2D eigenvalue weighted by molar-refractivity contribution is 0.316. The molecule has 1 aromatic heterocycles. The van der Waals surface area contributed by atoms with E-state index in [4.69, 9.17) is 4.52 Å². The van der Waals surface area contributed by atoms with Gasteiger partial charge in [-0.25, -0.2) is 0 Å². The predicted molar refractivity (Wildman–Crippen MR) is 44.4 cm³/mol. The van der Waals surface area contributed by atoms with Crippen molar-refractivity contribution < 1.29 is 4.52 Å². The van der Waals surface area contributed by atoms with Crippen molar-refractivity contribution in [2.24, 2.45) is 5.41 Å². The molecular formula is C9H15NO. The zero-order valence-corrected chi connectivity index (χ0v) is 7.59. The maximum Gasteiger partial charge on any atom is 0.124 e. The van der Waals surface area contributed by atoms with E-state index < -0.39 is 0 Å². The lowest BCUT2D eigenvalue weighted by Gasteiger charge is -2.24. The normalized spacial score (nSPS) is 14.9. The van der Waals surface area contributed by atoms with Crippen molar-refractivity contribution in [3.05, 3.63) is 18.0 Å². The minimum Gasteiger partial charge on any atom is -0.365 e. The molecule has 0 amide bonds. The number of hydrogen-bond acceptors (Lipinski definition) is 2. The fourth-order valence-electron chi connectivity index (χ4n) is 0.889. The van der Waals surface area contributed by atoms with E-state index in [1.165, 1.54) is 0 Å². The smallest absolute Gasteiger partial charge is 0.124 e. The molecule has 1 atom stereocenters. The molecule has 62 valence electrons. The molecule has 0 bridgehead atoms. The highest BCUT2D eigenvalue weighted by atomic mass is 16.5. The Hall–Kier alpha value is -0.790. The van der Waals surface area contributed by atoms with Gasteiger partial charge in [-0.3, -0.25) is 0 Å². The van der Waals surface area contributed by atoms with Crippen molar-refractivity contribution in [2.45, 2.75) is 33.6 Å². The molecule has 0 saturated carbocycles. The van der Waals surface area contributed by atoms with Crippen molar-refractivity contribution in [1.82, 2.24) is 5.16 Å². The van der Waals surface area contributed by atoms with Crippen molar-refractivity contribution in [1.29, 1.82) is 0 Å². The molecule has 11 heavy (non-hydrogen) atoms. The van der Waals surface area contributed by atoms with Gasteiger partial charge in [-0.1, -0.05) is 32.9 Å². The Morgan fingerprint density at radius 2 is 2.09 bits per heavy atom. The summed E-state index contributed by atoms with van der Waals surface area (Å²) < 4.78 is 4.78. The van der Waals surface area contributed by atoms with Crippen LogP contribution in [0.4, 0.5) is 0 Å². The Kier molecular flexibility index (Phi) is 2.03. The summed E-state index contributed by atoms with van der Waals surface area (Å²) in [5.74, 6) is 0.446. The molecule has 0 aliphatic rings. The Labute approximate surface area is 67.6 Å². The quantitative estimate of drug-likeness (QED) is 0.620. The van der Waals surface area contributed by atoms with E-state index in [9.17, 15) is 0 Å². The van der Waals surface area contributed by atoms with E-state index in [0.29, 0.717) is 5.92 Å². The maximum atomic E-state index is 4.78. The first-order valence-corrected chi connectivity index (χ1v) is 3.92. The number of hydrogen-bond donors (Lipinski definition) is 0. The van der Waals surface area contributed by atoms with Crippen molar-refractivity contribution in [2.75, 3.05) is 0 Å². The fourth-order valence-corrected chi connectivity index (χ4v) is 0.889. The van der Waals surface area contributed by atoms with Gasteiger partial charge in [-0.15, -0.1) is 0 Å². The van der Waals surface area contributed by atoms with E-state index in [1.54, 1.807) is 6.26 Å². The molecular weight excluding hydrogens is 138 g/mol. The molecule has 0 aliphatic carbocycles. The van der Waals surface area contributed by atoms with Crippen LogP contribution in [0.25, 0.3) is 0 Å². The molecule has 0 N–H and O–H groups in total. The average molecular weight is 153 g/mol. The van der Waals surface area contributed by atoms with E-state index in [0.717, 1.165) is 5.69 Å². The first kappa shape index (κ1) is 8.31. The van der Waals surface area contributed by atoms with Gasteiger partial charge in [-0.2, -0.15) is 0 Å². The molecule has 1 aromatic rings. The van der Waals surface area contributed by atoms with Gasteiger partial charge in [0.25, 0.3) is 0 Å². The highest BCUT2D eigenvalue weighted by Gasteiger charge is 2.23. The first-order chi connectivity index (χ1) is 5.02. The Morgan fingerprint density at radius 3 is 2.45 bits per heavy atom. The minimum absolute atomic E-state index is 0.261. The fraction of sp³-hybridized carbons (Fsp3) is 0.667. The van der Waals surface area contributed by atoms with Gasteiger partial charge in [0, 0.05) is 12.0 Å². The molecule has 0 spiro atoms. The van der Waals surface area contributed by atoms with Crippen molar-refractivity contribution >= 4 is 0 Å². The van der Waals surface area contributed by atoms with Gasteiger partial charge >= 0.3 is 0 Å². The van der Waals surface area contributed by atoms with Crippen molar-refractivity contribution in [3.63, 3.8) is 0 Å². The lowest BCUT2D eigenvalue weighted by atomic mass is 9.80. The van der Waals surface area contributed by atoms with E-state index in [1.807, 2.05) is 6.07 Å². The minimum atomic E-state index is 0.261. The summed E-state index contributed by atoms with van der Waals surface area (Å²) in [6, 6.07) is 1.93. The molecule has 0 saturated heterocycles. The summed E-state index contributed by atoms with van der Waals surface area (Å²) in [5, 5.41) is 3.91. The standard InChI is InChI=1S/C9H15NO/c1-7(9(2,3)4)8-5-6-11-10-8/h5-7H,1-4H3/t7-/m0/s1. The van der Waals surface area contributed by atoms with Crippen LogP contribution in [0.2, 0.25) is 0 Å². The van der Waals surface area contributed by atoms with Gasteiger partial charge in [0.15, 0.2) is 0 Å². The number of aromatic nitrogens is 1. The topological polar surface area (TPSA) is 26.0 Å². The predicted octanol–water partition coefficient (Wildman–Crippen LogP) is 2.82. The van der Waals surface area contributed by atoms with Gasteiger partial charge in [0.2, 0.25) is 0 Å². The van der Waals surface area contributed by atoms with E-state index in [2.05, 4.69) is 32.9 Å². The summed E-state index contributed by atoms with van der Waals surface area (Å²) in [5.41, 5.74) is 1.30. The van der Waals surface area contributed by atoms with Gasteiger partial charge in [-0.05, 0) is 5.41 Å². The zero-order chi connectivity index (χ0) is 8.48.